The molecule has 1 aromatic heterocycles. The Morgan fingerprint density at radius 3 is 2.58 bits per heavy atom. The van der Waals surface area contributed by atoms with E-state index in [1.165, 1.54) is 0 Å². The Balaban J connectivity index is 2.56. The van der Waals surface area contributed by atoms with Crippen LogP contribution in [0.15, 0.2) is 27.8 Å². The molecule has 0 unspecified atom stereocenters. The highest BCUT2D eigenvalue weighted by molar-refractivity contribution is 5.83. The lowest BCUT2D eigenvalue weighted by molar-refractivity contribution is -0.128. The Labute approximate surface area is 145 Å². The molecule has 0 fully saturated rings. The van der Waals surface area contributed by atoms with E-state index in [1.54, 1.807) is 6.26 Å². The predicted molar refractivity (Wildman–Crippen MR) is 98.1 cm³/mol. The van der Waals surface area contributed by atoms with E-state index in [4.69, 9.17) is 4.42 Å². The second-order valence-electron chi connectivity index (χ2n) is 6.44. The molecule has 136 valence electrons. The summed E-state index contributed by atoms with van der Waals surface area (Å²) in [4.78, 5) is 16.7. The van der Waals surface area contributed by atoms with Crippen LogP contribution in [-0.2, 0) is 11.2 Å². The van der Waals surface area contributed by atoms with Gasteiger partial charge in [0.2, 0.25) is 5.91 Å². The summed E-state index contributed by atoms with van der Waals surface area (Å²) in [6.45, 7) is 10.6. The zero-order valence-electron chi connectivity index (χ0n) is 15.4. The van der Waals surface area contributed by atoms with Crippen LogP contribution >= 0.6 is 0 Å². The molecule has 0 saturated carbocycles. The van der Waals surface area contributed by atoms with Crippen LogP contribution in [0.3, 0.4) is 0 Å². The Kier molecular flexibility index (Phi) is 8.97. The molecule has 0 aromatic carbocycles. The summed E-state index contributed by atoms with van der Waals surface area (Å²) in [5, 5.41) is 9.49. The van der Waals surface area contributed by atoms with Crippen LogP contribution in [0, 0.1) is 5.41 Å². The first-order valence-corrected chi connectivity index (χ1v) is 8.82. The highest BCUT2D eigenvalue weighted by atomic mass is 16.3. The number of unbranched alkanes of at least 4 members (excludes halogenated alkanes) is 1. The van der Waals surface area contributed by atoms with E-state index in [0.29, 0.717) is 13.1 Å². The average molecular weight is 336 g/mol. The van der Waals surface area contributed by atoms with Crippen molar-refractivity contribution in [3.63, 3.8) is 0 Å². The molecular weight excluding hydrogens is 304 g/mol. The molecule has 0 aliphatic carbocycles. The van der Waals surface area contributed by atoms with E-state index >= 15 is 0 Å². The van der Waals surface area contributed by atoms with Gasteiger partial charge in [-0.2, -0.15) is 0 Å². The molecule has 0 aliphatic rings. The third-order valence-corrected chi connectivity index (χ3v) is 3.65. The fourth-order valence-corrected chi connectivity index (χ4v) is 2.07. The van der Waals surface area contributed by atoms with Crippen LogP contribution in [0.5, 0.6) is 0 Å². The number of hydrogen-bond acceptors (Lipinski definition) is 3. The number of amides is 1. The standard InChI is InChI=1S/C18H32N4O2/c1-5-7-11-20-17(21-12-10-15-9-8-13-24-15)22-14-18(3,4)16(23)19-6-2/h8-9,13H,5-7,10-12,14H2,1-4H3,(H,19,23)(H2,20,21,22). The molecule has 1 amide bonds. The van der Waals surface area contributed by atoms with E-state index in [1.807, 2.05) is 32.9 Å². The molecule has 3 N–H and O–H groups in total. The number of aliphatic imine (C=N–C) groups is 1. The van der Waals surface area contributed by atoms with Gasteiger partial charge in [-0.1, -0.05) is 13.3 Å². The van der Waals surface area contributed by atoms with Gasteiger partial charge in [-0.3, -0.25) is 9.79 Å². The van der Waals surface area contributed by atoms with Crippen LogP contribution in [-0.4, -0.2) is 38.0 Å². The second-order valence-corrected chi connectivity index (χ2v) is 6.44. The van der Waals surface area contributed by atoms with Crippen LogP contribution in [0.25, 0.3) is 0 Å². The lowest BCUT2D eigenvalue weighted by Gasteiger charge is -2.22. The minimum Gasteiger partial charge on any atom is -0.469 e. The third-order valence-electron chi connectivity index (χ3n) is 3.65. The number of guanidine groups is 1. The van der Waals surface area contributed by atoms with E-state index in [0.717, 1.165) is 44.1 Å². The van der Waals surface area contributed by atoms with Crippen molar-refractivity contribution in [2.75, 3.05) is 26.2 Å². The molecular formula is C18H32N4O2. The van der Waals surface area contributed by atoms with E-state index in [9.17, 15) is 4.79 Å². The van der Waals surface area contributed by atoms with Crippen molar-refractivity contribution in [1.82, 2.24) is 16.0 Å². The first-order valence-electron chi connectivity index (χ1n) is 8.82. The van der Waals surface area contributed by atoms with Gasteiger partial charge < -0.3 is 20.4 Å². The third kappa shape index (κ3) is 7.53. The van der Waals surface area contributed by atoms with E-state index in [-0.39, 0.29) is 5.91 Å². The summed E-state index contributed by atoms with van der Waals surface area (Å²) in [7, 11) is 0. The number of nitrogens with zero attached hydrogens (tertiary/aromatic N) is 1. The largest absolute Gasteiger partial charge is 0.469 e. The number of nitrogens with one attached hydrogen (secondary N) is 3. The number of carbonyl (C=O) groups excluding carboxylic acids is 1. The molecule has 0 saturated heterocycles. The first kappa shape index (κ1) is 20.1. The van der Waals surface area contributed by atoms with Gasteiger partial charge in [-0.15, -0.1) is 0 Å². The van der Waals surface area contributed by atoms with Gasteiger partial charge in [-0.05, 0) is 39.3 Å². The number of rotatable bonds is 10. The van der Waals surface area contributed by atoms with E-state index < -0.39 is 5.41 Å². The lowest BCUT2D eigenvalue weighted by Crippen LogP contribution is -2.42. The Morgan fingerprint density at radius 1 is 1.21 bits per heavy atom. The average Bonchev–Trinajstić information content (AvgIpc) is 3.06. The van der Waals surface area contributed by atoms with Crippen molar-refractivity contribution in [1.29, 1.82) is 0 Å². The SMILES string of the molecule is CCCCNC(=NCC(C)(C)C(=O)NCC)NCCc1ccco1. The van der Waals surface area contributed by atoms with Crippen LogP contribution in [0.2, 0.25) is 0 Å². The molecule has 0 spiro atoms. The molecule has 0 aliphatic heterocycles. The normalized spacial score (nSPS) is 12.1. The first-order chi connectivity index (χ1) is 11.5. The molecule has 1 rings (SSSR count). The van der Waals surface area contributed by atoms with Crippen molar-refractivity contribution in [2.24, 2.45) is 10.4 Å². The molecule has 0 radical (unpaired) electrons. The van der Waals surface area contributed by atoms with Crippen LogP contribution < -0.4 is 16.0 Å². The second kappa shape index (κ2) is 10.7. The van der Waals surface area contributed by atoms with Crippen LogP contribution in [0.1, 0.15) is 46.3 Å². The zero-order valence-corrected chi connectivity index (χ0v) is 15.4. The molecule has 24 heavy (non-hydrogen) atoms. The Hall–Kier alpha value is -1.98. The molecule has 1 heterocycles. The van der Waals surface area contributed by atoms with Gasteiger partial charge in [-0.25, -0.2) is 0 Å². The number of carbonyl (C=O) groups is 1. The summed E-state index contributed by atoms with van der Waals surface area (Å²) in [6, 6.07) is 3.85. The van der Waals surface area contributed by atoms with Gasteiger partial charge in [0.25, 0.3) is 0 Å². The molecule has 0 atom stereocenters. The van der Waals surface area contributed by atoms with E-state index in [2.05, 4.69) is 27.9 Å². The maximum atomic E-state index is 12.1. The molecule has 6 nitrogen and oxygen atoms in total. The predicted octanol–water partition coefficient (Wildman–Crippen LogP) is 2.32. The molecule has 6 heteroatoms. The monoisotopic (exact) mass is 336 g/mol. The zero-order chi connectivity index (χ0) is 17.8. The number of furan rings is 1. The van der Waals surface area contributed by atoms with Gasteiger partial charge >= 0.3 is 0 Å². The van der Waals surface area contributed by atoms with Crippen molar-refractivity contribution in [3.05, 3.63) is 24.2 Å². The van der Waals surface area contributed by atoms with Crippen LogP contribution in [0.4, 0.5) is 0 Å². The Morgan fingerprint density at radius 2 is 1.96 bits per heavy atom. The summed E-state index contributed by atoms with van der Waals surface area (Å²) in [6.07, 6.45) is 4.68. The van der Waals surface area contributed by atoms with Gasteiger partial charge in [0.15, 0.2) is 5.96 Å². The van der Waals surface area contributed by atoms with Gasteiger partial charge in [0, 0.05) is 26.1 Å². The highest BCUT2D eigenvalue weighted by Crippen LogP contribution is 2.15. The minimum atomic E-state index is -0.531. The molecule has 1 aromatic rings. The van der Waals surface area contributed by atoms with Gasteiger partial charge in [0.1, 0.15) is 5.76 Å². The summed E-state index contributed by atoms with van der Waals surface area (Å²) < 4.78 is 5.33. The minimum absolute atomic E-state index is 0.0252. The summed E-state index contributed by atoms with van der Waals surface area (Å²) in [5.41, 5.74) is -0.531. The summed E-state index contributed by atoms with van der Waals surface area (Å²) >= 11 is 0. The fraction of sp³-hybridized carbons (Fsp3) is 0.667. The van der Waals surface area contributed by atoms with Crippen molar-refractivity contribution in [3.8, 4) is 0 Å². The maximum Gasteiger partial charge on any atom is 0.227 e. The highest BCUT2D eigenvalue weighted by Gasteiger charge is 2.26. The van der Waals surface area contributed by atoms with Crippen molar-refractivity contribution >= 4 is 11.9 Å². The van der Waals surface area contributed by atoms with Crippen molar-refractivity contribution < 1.29 is 9.21 Å². The fourth-order valence-electron chi connectivity index (χ4n) is 2.07. The Bertz CT molecular complexity index is 495. The topological polar surface area (TPSA) is 78.7 Å². The lowest BCUT2D eigenvalue weighted by atomic mass is 9.92. The van der Waals surface area contributed by atoms with Gasteiger partial charge in [0.05, 0.1) is 18.2 Å². The maximum absolute atomic E-state index is 12.1. The molecule has 0 bridgehead atoms. The summed E-state index contributed by atoms with van der Waals surface area (Å²) in [5.74, 6) is 1.71. The quantitative estimate of drug-likeness (QED) is 0.348. The smallest absolute Gasteiger partial charge is 0.227 e. The van der Waals surface area contributed by atoms with Crippen molar-refractivity contribution in [2.45, 2.75) is 47.0 Å². The number of hydrogen-bond donors (Lipinski definition) is 3.